The first-order chi connectivity index (χ1) is 15.7. The minimum absolute atomic E-state index is 0.177. The third-order valence-electron chi connectivity index (χ3n) is 5.28. The maximum atomic E-state index is 13.6. The second-order valence-corrected chi connectivity index (χ2v) is 7.93. The van der Waals surface area contributed by atoms with Crippen LogP contribution in [0.1, 0.15) is 22.3 Å². The van der Waals surface area contributed by atoms with Crippen molar-refractivity contribution in [1.29, 1.82) is 0 Å². The Labute approximate surface area is 190 Å². The third-order valence-corrected chi connectivity index (χ3v) is 5.28. The minimum atomic E-state index is -4.33. The van der Waals surface area contributed by atoms with Gasteiger partial charge >= 0.3 is 6.18 Å². The minimum Gasteiger partial charge on any atom is -0.297 e. The van der Waals surface area contributed by atoms with Crippen molar-refractivity contribution in [2.45, 2.75) is 19.1 Å². The fourth-order valence-electron chi connectivity index (χ4n) is 3.61. The smallest absolute Gasteiger partial charge is 0.297 e. The Kier molecular flexibility index (Phi) is 8.35. The van der Waals surface area contributed by atoms with Crippen LogP contribution < -0.4 is 5.43 Å². The third kappa shape index (κ3) is 7.80. The van der Waals surface area contributed by atoms with E-state index in [9.17, 15) is 22.4 Å². The zero-order valence-electron chi connectivity index (χ0n) is 18.1. The summed E-state index contributed by atoms with van der Waals surface area (Å²) in [5, 5.41) is 3.91. The molecule has 0 bridgehead atoms. The van der Waals surface area contributed by atoms with E-state index in [1.54, 1.807) is 12.1 Å². The van der Waals surface area contributed by atoms with Gasteiger partial charge in [-0.2, -0.15) is 18.3 Å². The first-order valence-electron chi connectivity index (χ1n) is 10.6. The highest BCUT2D eigenvalue weighted by molar-refractivity contribution is 5.83. The van der Waals surface area contributed by atoms with Crippen molar-refractivity contribution in [2.24, 2.45) is 5.10 Å². The van der Waals surface area contributed by atoms with Gasteiger partial charge in [-0.3, -0.25) is 14.6 Å². The molecule has 0 unspecified atom stereocenters. The van der Waals surface area contributed by atoms with Crippen molar-refractivity contribution < 1.29 is 22.4 Å². The van der Waals surface area contributed by atoms with Gasteiger partial charge in [0.25, 0.3) is 5.91 Å². The number of piperazine rings is 1. The van der Waals surface area contributed by atoms with Crippen LogP contribution in [0.25, 0.3) is 0 Å². The van der Waals surface area contributed by atoms with E-state index in [1.807, 2.05) is 4.90 Å². The molecule has 1 fully saturated rings. The van der Waals surface area contributed by atoms with Crippen LogP contribution in [0.2, 0.25) is 0 Å². The maximum Gasteiger partial charge on any atom is 0.416 e. The quantitative estimate of drug-likeness (QED) is 0.281. The van der Waals surface area contributed by atoms with Crippen LogP contribution in [-0.2, 0) is 23.9 Å². The molecule has 0 aromatic heterocycles. The van der Waals surface area contributed by atoms with Gasteiger partial charge in [0.15, 0.2) is 0 Å². The highest BCUT2D eigenvalue weighted by atomic mass is 19.4. The fraction of sp³-hybridized carbons (Fsp3) is 0.333. The molecule has 0 atom stereocenters. The molecule has 33 heavy (non-hydrogen) atoms. The zero-order valence-corrected chi connectivity index (χ0v) is 18.1. The SMILES string of the molecule is C=CCc1cc(F)cc(/C=N/NC(=O)CN2CCN(Cc3ccc(C(F)(F)F)cc3)CC2)c1. The molecule has 0 aliphatic carbocycles. The maximum absolute atomic E-state index is 13.6. The number of hydrogen-bond donors (Lipinski definition) is 1. The van der Waals surface area contributed by atoms with Gasteiger partial charge < -0.3 is 0 Å². The molecule has 1 aliphatic rings. The molecule has 2 aromatic rings. The lowest BCUT2D eigenvalue weighted by atomic mass is 10.1. The monoisotopic (exact) mass is 462 g/mol. The first kappa shape index (κ1) is 24.6. The average Bonchev–Trinajstić information content (AvgIpc) is 2.75. The lowest BCUT2D eigenvalue weighted by molar-refractivity contribution is -0.137. The van der Waals surface area contributed by atoms with E-state index < -0.39 is 11.7 Å². The van der Waals surface area contributed by atoms with Crippen molar-refractivity contribution in [2.75, 3.05) is 32.7 Å². The van der Waals surface area contributed by atoms with Crippen LogP contribution >= 0.6 is 0 Å². The lowest BCUT2D eigenvalue weighted by Crippen LogP contribution is -2.48. The Bertz CT molecular complexity index is 981. The predicted octanol–water partition coefficient (Wildman–Crippen LogP) is 3.84. The van der Waals surface area contributed by atoms with Crippen molar-refractivity contribution in [3.8, 4) is 0 Å². The highest BCUT2D eigenvalue weighted by Gasteiger charge is 2.30. The summed E-state index contributed by atoms with van der Waals surface area (Å²) in [4.78, 5) is 16.3. The van der Waals surface area contributed by atoms with Gasteiger partial charge in [0.1, 0.15) is 5.82 Å². The average molecular weight is 462 g/mol. The summed E-state index contributed by atoms with van der Waals surface area (Å²) in [5.41, 5.74) is 3.94. The standard InChI is InChI=1S/C24H26F4N4O/c1-2-3-19-12-20(14-22(25)13-19)15-29-30-23(33)17-32-10-8-31(9-11-32)16-18-4-6-21(7-5-18)24(26,27)28/h2,4-7,12-15H,1,3,8-11,16-17H2,(H,30,33)/b29-15+. The fourth-order valence-corrected chi connectivity index (χ4v) is 3.61. The van der Waals surface area contributed by atoms with E-state index in [2.05, 4.69) is 22.0 Å². The van der Waals surface area contributed by atoms with Crippen molar-refractivity contribution in [1.82, 2.24) is 15.2 Å². The van der Waals surface area contributed by atoms with E-state index in [-0.39, 0.29) is 18.3 Å². The number of amides is 1. The molecule has 0 radical (unpaired) electrons. The lowest BCUT2D eigenvalue weighted by Gasteiger charge is -2.34. The van der Waals surface area contributed by atoms with Crippen LogP contribution in [0.4, 0.5) is 17.6 Å². The predicted molar refractivity (Wildman–Crippen MR) is 119 cm³/mol. The molecular weight excluding hydrogens is 436 g/mol. The van der Waals surface area contributed by atoms with Gasteiger partial charge in [-0.15, -0.1) is 6.58 Å². The molecule has 1 N–H and O–H groups in total. The van der Waals surface area contributed by atoms with Crippen molar-refractivity contribution >= 4 is 12.1 Å². The number of halogens is 4. The van der Waals surface area contributed by atoms with E-state index in [4.69, 9.17) is 0 Å². The number of rotatable bonds is 8. The van der Waals surface area contributed by atoms with Crippen LogP contribution in [0.5, 0.6) is 0 Å². The summed E-state index contributed by atoms with van der Waals surface area (Å²) in [6.45, 7) is 7.09. The molecular formula is C24H26F4N4O. The van der Waals surface area contributed by atoms with E-state index in [1.165, 1.54) is 30.5 Å². The number of allylic oxidation sites excluding steroid dienone is 1. The second kappa shape index (κ2) is 11.2. The number of carbonyl (C=O) groups excluding carboxylic acids is 1. The number of carbonyl (C=O) groups is 1. The normalized spacial score (nSPS) is 15.6. The number of hydrazone groups is 1. The van der Waals surface area contributed by atoms with Crippen LogP contribution in [0.15, 0.2) is 60.2 Å². The van der Waals surface area contributed by atoms with E-state index in [0.717, 1.165) is 23.3 Å². The number of alkyl halides is 3. The summed E-state index contributed by atoms with van der Waals surface area (Å²) in [7, 11) is 0. The zero-order chi connectivity index (χ0) is 23.8. The summed E-state index contributed by atoms with van der Waals surface area (Å²) in [6.07, 6.45) is -0.716. The molecule has 0 spiro atoms. The van der Waals surface area contributed by atoms with E-state index in [0.29, 0.717) is 44.7 Å². The van der Waals surface area contributed by atoms with Crippen molar-refractivity contribution in [3.05, 3.63) is 83.2 Å². The molecule has 1 saturated heterocycles. The van der Waals surface area contributed by atoms with Gasteiger partial charge in [0.2, 0.25) is 0 Å². The van der Waals surface area contributed by atoms with E-state index >= 15 is 0 Å². The van der Waals surface area contributed by atoms with Crippen molar-refractivity contribution in [3.63, 3.8) is 0 Å². The molecule has 2 aromatic carbocycles. The Morgan fingerprint density at radius 1 is 1.03 bits per heavy atom. The Hall–Kier alpha value is -3.04. The molecule has 1 aliphatic heterocycles. The van der Waals surface area contributed by atoms with Gasteiger partial charge in [-0.05, 0) is 53.4 Å². The van der Waals surface area contributed by atoms with Crippen LogP contribution in [0.3, 0.4) is 0 Å². The molecule has 5 nitrogen and oxygen atoms in total. The largest absolute Gasteiger partial charge is 0.416 e. The van der Waals surface area contributed by atoms with Crippen LogP contribution in [-0.4, -0.2) is 54.6 Å². The number of nitrogens with zero attached hydrogens (tertiary/aromatic N) is 3. The highest BCUT2D eigenvalue weighted by Crippen LogP contribution is 2.29. The second-order valence-electron chi connectivity index (χ2n) is 7.93. The topological polar surface area (TPSA) is 47.9 Å². The molecule has 9 heteroatoms. The molecule has 3 rings (SSSR count). The molecule has 1 heterocycles. The molecule has 0 saturated carbocycles. The van der Waals surface area contributed by atoms with Gasteiger partial charge in [0, 0.05) is 32.7 Å². The number of benzene rings is 2. The number of nitrogens with one attached hydrogen (secondary N) is 1. The van der Waals surface area contributed by atoms with Crippen LogP contribution in [0, 0.1) is 5.82 Å². The van der Waals surface area contributed by atoms with Gasteiger partial charge in [-0.25, -0.2) is 9.82 Å². The van der Waals surface area contributed by atoms with Gasteiger partial charge in [-0.1, -0.05) is 18.2 Å². The Morgan fingerprint density at radius 3 is 2.33 bits per heavy atom. The first-order valence-corrected chi connectivity index (χ1v) is 10.6. The van der Waals surface area contributed by atoms with Gasteiger partial charge in [0.05, 0.1) is 18.3 Å². The summed E-state index contributed by atoms with van der Waals surface area (Å²) < 4.78 is 51.7. The summed E-state index contributed by atoms with van der Waals surface area (Å²) in [6, 6.07) is 9.73. The Morgan fingerprint density at radius 2 is 1.70 bits per heavy atom. The Balaban J connectivity index is 1.41. The number of hydrogen-bond acceptors (Lipinski definition) is 4. The molecule has 1 amide bonds. The summed E-state index contributed by atoms with van der Waals surface area (Å²) in [5.74, 6) is -0.651. The summed E-state index contributed by atoms with van der Waals surface area (Å²) >= 11 is 0. The molecule has 176 valence electrons.